The zero-order valence-corrected chi connectivity index (χ0v) is 8.59. The maximum atomic E-state index is 11.3. The fraction of sp³-hybridized carbons (Fsp3) is 0.556. The SMILES string of the molecule is CCOC(=O)c1[nH]nc(OCC)c1C. The van der Waals surface area contributed by atoms with Crippen LogP contribution in [-0.2, 0) is 4.74 Å². The molecule has 0 atom stereocenters. The summed E-state index contributed by atoms with van der Waals surface area (Å²) in [6.45, 7) is 6.25. The first-order valence-electron chi connectivity index (χ1n) is 4.55. The summed E-state index contributed by atoms with van der Waals surface area (Å²) in [4.78, 5) is 11.3. The molecule has 1 aromatic heterocycles. The summed E-state index contributed by atoms with van der Waals surface area (Å²) in [5.41, 5.74) is 1.04. The van der Waals surface area contributed by atoms with Crippen LogP contribution in [0, 0.1) is 6.92 Å². The number of rotatable bonds is 4. The quantitative estimate of drug-likeness (QED) is 0.740. The Kier molecular flexibility index (Phi) is 3.50. The van der Waals surface area contributed by atoms with Crippen molar-refractivity contribution in [2.75, 3.05) is 13.2 Å². The molecule has 1 rings (SSSR count). The highest BCUT2D eigenvalue weighted by atomic mass is 16.5. The van der Waals surface area contributed by atoms with Crippen LogP contribution in [0.15, 0.2) is 0 Å². The summed E-state index contributed by atoms with van der Waals surface area (Å²) in [6, 6.07) is 0. The summed E-state index contributed by atoms with van der Waals surface area (Å²) in [5.74, 6) is 0.0546. The summed E-state index contributed by atoms with van der Waals surface area (Å²) in [6.07, 6.45) is 0. The Morgan fingerprint density at radius 1 is 1.43 bits per heavy atom. The van der Waals surface area contributed by atoms with Crippen molar-refractivity contribution in [2.45, 2.75) is 20.8 Å². The number of nitrogens with one attached hydrogen (secondary N) is 1. The minimum Gasteiger partial charge on any atom is -0.477 e. The molecule has 5 nitrogen and oxygen atoms in total. The number of hydrogen-bond acceptors (Lipinski definition) is 4. The lowest BCUT2D eigenvalue weighted by molar-refractivity contribution is 0.0518. The van der Waals surface area contributed by atoms with Gasteiger partial charge in [-0.05, 0) is 20.8 Å². The maximum absolute atomic E-state index is 11.3. The Morgan fingerprint density at radius 3 is 2.71 bits per heavy atom. The van der Waals surface area contributed by atoms with E-state index in [1.54, 1.807) is 13.8 Å². The molecule has 0 aromatic carbocycles. The van der Waals surface area contributed by atoms with E-state index in [1.165, 1.54) is 0 Å². The second kappa shape index (κ2) is 4.64. The monoisotopic (exact) mass is 198 g/mol. The largest absolute Gasteiger partial charge is 0.477 e. The number of H-pyrrole nitrogens is 1. The highest BCUT2D eigenvalue weighted by Gasteiger charge is 2.17. The van der Waals surface area contributed by atoms with Crippen LogP contribution in [-0.4, -0.2) is 29.4 Å². The summed E-state index contributed by atoms with van der Waals surface area (Å²) in [7, 11) is 0. The van der Waals surface area contributed by atoms with E-state index in [0.29, 0.717) is 30.4 Å². The Balaban J connectivity index is 2.83. The molecule has 78 valence electrons. The van der Waals surface area contributed by atoms with Crippen LogP contribution in [0.5, 0.6) is 5.88 Å². The minimum atomic E-state index is -0.400. The predicted molar refractivity (Wildman–Crippen MR) is 50.5 cm³/mol. The lowest BCUT2D eigenvalue weighted by atomic mass is 10.3. The van der Waals surface area contributed by atoms with Gasteiger partial charge in [0.05, 0.1) is 13.2 Å². The van der Waals surface area contributed by atoms with Crippen molar-refractivity contribution in [2.24, 2.45) is 0 Å². The summed E-state index contributed by atoms with van der Waals surface area (Å²) in [5, 5.41) is 6.45. The number of esters is 1. The first-order valence-corrected chi connectivity index (χ1v) is 4.55. The standard InChI is InChI=1S/C9H14N2O3/c1-4-13-8-6(3)7(10-11-8)9(12)14-5-2/h4-5H2,1-3H3,(H,10,11). The third kappa shape index (κ3) is 2.04. The molecule has 0 amide bonds. The van der Waals surface area contributed by atoms with Crippen LogP contribution in [0.2, 0.25) is 0 Å². The number of carbonyl (C=O) groups is 1. The second-order valence-electron chi connectivity index (χ2n) is 2.68. The van der Waals surface area contributed by atoms with Gasteiger partial charge in [0, 0.05) is 5.56 Å². The van der Waals surface area contributed by atoms with Crippen molar-refractivity contribution in [3.63, 3.8) is 0 Å². The van der Waals surface area contributed by atoms with E-state index in [9.17, 15) is 4.79 Å². The molecule has 14 heavy (non-hydrogen) atoms. The molecule has 0 aliphatic carbocycles. The van der Waals surface area contributed by atoms with Crippen molar-refractivity contribution in [3.8, 4) is 5.88 Å². The maximum Gasteiger partial charge on any atom is 0.356 e. The van der Waals surface area contributed by atoms with Crippen molar-refractivity contribution >= 4 is 5.97 Å². The van der Waals surface area contributed by atoms with Crippen LogP contribution in [0.4, 0.5) is 0 Å². The minimum absolute atomic E-state index is 0.348. The van der Waals surface area contributed by atoms with Crippen LogP contribution in [0.3, 0.4) is 0 Å². The van der Waals surface area contributed by atoms with E-state index in [4.69, 9.17) is 9.47 Å². The molecule has 0 unspecified atom stereocenters. The van der Waals surface area contributed by atoms with Crippen molar-refractivity contribution in [1.82, 2.24) is 10.2 Å². The van der Waals surface area contributed by atoms with E-state index < -0.39 is 5.97 Å². The van der Waals surface area contributed by atoms with E-state index in [2.05, 4.69) is 10.2 Å². The van der Waals surface area contributed by atoms with Gasteiger partial charge in [0.2, 0.25) is 5.88 Å². The van der Waals surface area contributed by atoms with Gasteiger partial charge in [-0.2, -0.15) is 0 Å². The van der Waals surface area contributed by atoms with E-state index >= 15 is 0 Å². The average Bonchev–Trinajstić information content (AvgIpc) is 2.49. The third-order valence-corrected chi connectivity index (χ3v) is 1.73. The molecule has 0 fully saturated rings. The molecule has 5 heteroatoms. The fourth-order valence-electron chi connectivity index (χ4n) is 1.06. The molecular weight excluding hydrogens is 184 g/mol. The molecule has 1 aromatic rings. The van der Waals surface area contributed by atoms with Gasteiger partial charge in [-0.3, -0.25) is 5.10 Å². The number of ether oxygens (including phenoxy) is 2. The Hall–Kier alpha value is -1.52. The molecule has 0 radical (unpaired) electrons. The van der Waals surface area contributed by atoms with Gasteiger partial charge < -0.3 is 9.47 Å². The first kappa shape index (κ1) is 10.6. The second-order valence-corrected chi connectivity index (χ2v) is 2.68. The summed E-state index contributed by atoms with van der Waals surface area (Å²) < 4.78 is 10.0. The van der Waals surface area contributed by atoms with Gasteiger partial charge in [0.1, 0.15) is 5.69 Å². The van der Waals surface area contributed by atoms with Crippen molar-refractivity contribution in [3.05, 3.63) is 11.3 Å². The van der Waals surface area contributed by atoms with E-state index in [1.807, 2.05) is 6.92 Å². The van der Waals surface area contributed by atoms with E-state index in [-0.39, 0.29) is 0 Å². The molecule has 0 saturated heterocycles. The van der Waals surface area contributed by atoms with Gasteiger partial charge in [0.15, 0.2) is 0 Å². The molecule has 0 aliphatic rings. The van der Waals surface area contributed by atoms with Crippen LogP contribution >= 0.6 is 0 Å². The van der Waals surface area contributed by atoms with Gasteiger partial charge in [-0.1, -0.05) is 0 Å². The smallest absolute Gasteiger partial charge is 0.356 e. The zero-order chi connectivity index (χ0) is 10.6. The van der Waals surface area contributed by atoms with Crippen LogP contribution in [0.25, 0.3) is 0 Å². The number of carbonyl (C=O) groups excluding carboxylic acids is 1. The third-order valence-electron chi connectivity index (χ3n) is 1.73. The molecule has 0 spiro atoms. The highest BCUT2D eigenvalue weighted by Crippen LogP contribution is 2.17. The molecule has 1 N–H and O–H groups in total. The van der Waals surface area contributed by atoms with Crippen LogP contribution < -0.4 is 4.74 Å². The normalized spacial score (nSPS) is 9.93. The number of nitrogens with zero attached hydrogens (tertiary/aromatic N) is 1. The lowest BCUT2D eigenvalue weighted by Crippen LogP contribution is -2.06. The lowest BCUT2D eigenvalue weighted by Gasteiger charge is -2.00. The Morgan fingerprint density at radius 2 is 2.14 bits per heavy atom. The van der Waals surface area contributed by atoms with Gasteiger partial charge >= 0.3 is 5.97 Å². The number of aromatic nitrogens is 2. The number of hydrogen-bond donors (Lipinski definition) is 1. The molecule has 0 aliphatic heterocycles. The Labute approximate surface area is 82.4 Å². The Bertz CT molecular complexity index is 320. The van der Waals surface area contributed by atoms with Crippen LogP contribution in [0.1, 0.15) is 29.9 Å². The highest BCUT2D eigenvalue weighted by molar-refractivity contribution is 5.89. The zero-order valence-electron chi connectivity index (χ0n) is 8.59. The topological polar surface area (TPSA) is 64.2 Å². The molecule has 0 bridgehead atoms. The van der Waals surface area contributed by atoms with Gasteiger partial charge in [-0.15, -0.1) is 5.10 Å². The van der Waals surface area contributed by atoms with Crippen molar-refractivity contribution in [1.29, 1.82) is 0 Å². The molecule has 1 heterocycles. The van der Waals surface area contributed by atoms with Crippen molar-refractivity contribution < 1.29 is 14.3 Å². The van der Waals surface area contributed by atoms with E-state index in [0.717, 1.165) is 0 Å². The first-order chi connectivity index (χ1) is 6.70. The van der Waals surface area contributed by atoms with Gasteiger partial charge in [-0.25, -0.2) is 4.79 Å². The fourth-order valence-corrected chi connectivity index (χ4v) is 1.06. The molecule has 0 saturated carbocycles. The summed E-state index contributed by atoms with van der Waals surface area (Å²) >= 11 is 0. The van der Waals surface area contributed by atoms with Gasteiger partial charge in [0.25, 0.3) is 0 Å². The number of aromatic amines is 1. The predicted octanol–water partition coefficient (Wildman–Crippen LogP) is 1.29. The molecular formula is C9H14N2O3. The average molecular weight is 198 g/mol.